The summed E-state index contributed by atoms with van der Waals surface area (Å²) in [6.07, 6.45) is 9.09. The van der Waals surface area contributed by atoms with Crippen molar-refractivity contribution < 1.29 is 28.7 Å². The Labute approximate surface area is 273 Å². The number of Topliss-reactive ketones (excluding diaryl/α,β-unsaturated/α-hetero) is 1. The Bertz CT molecular complexity index is 1570. The van der Waals surface area contributed by atoms with E-state index >= 15 is 0 Å². The molecule has 0 N–H and O–H groups in total. The third-order valence-corrected chi connectivity index (χ3v) is 12.3. The Balaban J connectivity index is 1.64. The molecule has 1 aliphatic carbocycles. The molecule has 0 unspecified atom stereocenters. The van der Waals surface area contributed by atoms with E-state index in [9.17, 15) is 14.7 Å². The molecule has 9 heteroatoms. The number of carboxylic acids is 1. The molecule has 0 saturated carbocycles. The normalized spacial score (nSPS) is 15.0. The Kier molecular flexibility index (Phi) is 11.8. The average Bonchev–Trinajstić information content (AvgIpc) is 3.01. The lowest BCUT2D eigenvalue weighted by Crippen LogP contribution is -2.50. The molecule has 2 aliphatic rings. The highest BCUT2D eigenvalue weighted by Gasteiger charge is 2.40. The van der Waals surface area contributed by atoms with Crippen LogP contribution in [0.4, 0.5) is 5.69 Å². The highest BCUT2D eigenvalue weighted by atomic mass is 35.5. The molecule has 0 atom stereocenters. The topological polar surface area (TPSA) is 81.9 Å². The molecular weight excluding hydrogens is 604 g/mol. The minimum atomic E-state index is -2.19. The number of unbranched alkanes of at least 4 members (excludes halogenated alkanes) is 1. The van der Waals surface area contributed by atoms with Gasteiger partial charge in [0, 0.05) is 68.6 Å². The summed E-state index contributed by atoms with van der Waals surface area (Å²) >= 11 is 5.67. The number of carbonyl (C=O) groups excluding carboxylic acids is 2. The molecule has 2 aromatic rings. The number of alkyl halides is 1. The summed E-state index contributed by atoms with van der Waals surface area (Å²) in [7, 11) is 5.92. The van der Waals surface area contributed by atoms with Crippen molar-refractivity contribution in [2.45, 2.75) is 38.8 Å². The van der Waals surface area contributed by atoms with Crippen LogP contribution in [0.2, 0.25) is 13.1 Å². The summed E-state index contributed by atoms with van der Waals surface area (Å²) in [5.41, 5.74) is 6.06. The van der Waals surface area contributed by atoms with Crippen LogP contribution in [-0.4, -0.2) is 90.6 Å². The number of rotatable bonds is 15. The van der Waals surface area contributed by atoms with Crippen molar-refractivity contribution in [2.75, 3.05) is 65.4 Å². The van der Waals surface area contributed by atoms with E-state index in [4.69, 9.17) is 21.1 Å². The number of hydrogen-bond donors (Lipinski definition) is 0. The fourth-order valence-electron chi connectivity index (χ4n) is 5.88. The fraction of sp³-hybridized carbons (Fsp3) is 0.417. The van der Waals surface area contributed by atoms with Crippen LogP contribution in [0.5, 0.6) is 0 Å². The van der Waals surface area contributed by atoms with Crippen molar-refractivity contribution >= 4 is 53.6 Å². The van der Waals surface area contributed by atoms with Crippen molar-refractivity contribution in [3.63, 3.8) is 0 Å². The number of aromatic carboxylic acids is 1. The molecule has 0 radical (unpaired) electrons. The molecule has 0 aromatic heterocycles. The van der Waals surface area contributed by atoms with Gasteiger partial charge in [-0.2, -0.15) is 0 Å². The van der Waals surface area contributed by atoms with Crippen LogP contribution in [-0.2, 0) is 9.47 Å². The van der Waals surface area contributed by atoms with Crippen molar-refractivity contribution in [2.24, 2.45) is 0 Å². The Morgan fingerprint density at radius 1 is 0.911 bits per heavy atom. The van der Waals surface area contributed by atoms with E-state index in [1.54, 1.807) is 12.1 Å². The van der Waals surface area contributed by atoms with Gasteiger partial charge in [0.1, 0.15) is 22.2 Å². The molecule has 45 heavy (non-hydrogen) atoms. The molecule has 1 aliphatic heterocycles. The zero-order chi connectivity index (χ0) is 32.7. The summed E-state index contributed by atoms with van der Waals surface area (Å²) in [5.74, 6) is -0.793. The molecule has 0 fully saturated rings. The van der Waals surface area contributed by atoms with E-state index in [0.29, 0.717) is 49.9 Å². The zero-order valence-electron chi connectivity index (χ0n) is 27.4. The number of carboxylic acid groups (broad SMARTS) is 1. The van der Waals surface area contributed by atoms with Crippen molar-refractivity contribution in [1.29, 1.82) is 0 Å². The van der Waals surface area contributed by atoms with Gasteiger partial charge in [0.15, 0.2) is 11.5 Å². The molecule has 0 spiro atoms. The van der Waals surface area contributed by atoms with Crippen molar-refractivity contribution in [3.05, 3.63) is 87.6 Å². The minimum Gasteiger partial charge on any atom is -0.545 e. The number of halogens is 1. The lowest BCUT2D eigenvalue weighted by atomic mass is 9.86. The maximum absolute atomic E-state index is 13.1. The van der Waals surface area contributed by atoms with Crippen LogP contribution in [0.3, 0.4) is 0 Å². The summed E-state index contributed by atoms with van der Waals surface area (Å²) in [6, 6.07) is 11.4. The summed E-state index contributed by atoms with van der Waals surface area (Å²) < 4.78 is 13.2. The maximum Gasteiger partial charge on any atom is 0.199 e. The van der Waals surface area contributed by atoms with Gasteiger partial charge in [-0.1, -0.05) is 31.3 Å². The second kappa shape index (κ2) is 15.3. The van der Waals surface area contributed by atoms with Crippen molar-refractivity contribution in [3.8, 4) is 0 Å². The quantitative estimate of drug-likeness (QED) is 0.0923. The number of allylic oxidation sites excluding steroid dienone is 5. The van der Waals surface area contributed by atoms with Crippen LogP contribution in [0.25, 0.3) is 5.57 Å². The Morgan fingerprint density at radius 2 is 1.60 bits per heavy atom. The number of carbonyl (C=O) groups is 2. The Hall–Kier alpha value is -3.30. The number of ketones is 1. The van der Waals surface area contributed by atoms with Crippen LogP contribution in [0.15, 0.2) is 65.4 Å². The molecule has 0 saturated heterocycles. The van der Waals surface area contributed by atoms with E-state index in [1.165, 1.54) is 16.4 Å². The fourth-order valence-corrected chi connectivity index (χ4v) is 9.14. The summed E-state index contributed by atoms with van der Waals surface area (Å²) in [5, 5.41) is 15.1. The van der Waals surface area contributed by atoms with Gasteiger partial charge in [-0.25, -0.2) is 4.58 Å². The smallest absolute Gasteiger partial charge is 0.199 e. The Morgan fingerprint density at radius 3 is 2.24 bits per heavy atom. The highest BCUT2D eigenvalue weighted by molar-refractivity contribution is 6.98. The van der Waals surface area contributed by atoms with Crippen LogP contribution in [0, 0.1) is 0 Å². The lowest BCUT2D eigenvalue weighted by Gasteiger charge is -2.38. The molecule has 0 bridgehead atoms. The molecule has 1 heterocycles. The van der Waals surface area contributed by atoms with E-state index in [1.807, 2.05) is 28.2 Å². The van der Waals surface area contributed by atoms with E-state index < -0.39 is 14.0 Å². The predicted molar refractivity (Wildman–Crippen MR) is 184 cm³/mol. The van der Waals surface area contributed by atoms with Crippen molar-refractivity contribution in [1.82, 2.24) is 0 Å². The van der Waals surface area contributed by atoms with Crippen LogP contribution in [0.1, 0.15) is 57.5 Å². The zero-order valence-corrected chi connectivity index (χ0v) is 29.1. The minimum absolute atomic E-state index is 0.0186. The van der Waals surface area contributed by atoms with Gasteiger partial charge < -0.3 is 24.3 Å². The molecular formula is C36H45ClN2O5Si. The monoisotopic (exact) mass is 648 g/mol. The molecule has 2 aromatic carbocycles. The number of nitrogens with zero attached hydrogens (tertiary/aromatic N) is 2. The SMILES string of the molecule is CN(C)c1ccc2c(c1)[Si](C)(C)C1=CC(=[N+](C)C)C=CC1=C2c1ccc(C(=O)CCCOCCOCCCCCl)cc1C(=O)[O-]. The number of anilines is 1. The van der Waals surface area contributed by atoms with Gasteiger partial charge in [0.2, 0.25) is 0 Å². The first-order chi connectivity index (χ1) is 21.5. The van der Waals surface area contributed by atoms with Gasteiger partial charge >= 0.3 is 0 Å². The first-order valence-corrected chi connectivity index (χ1v) is 19.1. The second-order valence-electron chi connectivity index (χ2n) is 12.4. The first-order valence-electron chi connectivity index (χ1n) is 15.6. The molecule has 4 rings (SSSR count). The van der Waals surface area contributed by atoms with E-state index in [2.05, 4.69) is 59.0 Å². The predicted octanol–water partition coefficient (Wildman–Crippen LogP) is 4.61. The van der Waals surface area contributed by atoms with Gasteiger partial charge in [0.05, 0.1) is 19.2 Å². The molecule has 240 valence electrons. The van der Waals surface area contributed by atoms with Gasteiger partial charge in [-0.3, -0.25) is 4.79 Å². The second-order valence-corrected chi connectivity index (χ2v) is 17.1. The third-order valence-electron chi connectivity index (χ3n) is 8.49. The van der Waals surface area contributed by atoms with Crippen LogP contribution < -0.4 is 15.2 Å². The van der Waals surface area contributed by atoms with Gasteiger partial charge in [-0.15, -0.1) is 11.6 Å². The maximum atomic E-state index is 13.1. The number of benzene rings is 2. The van der Waals surface area contributed by atoms with Crippen LogP contribution >= 0.6 is 11.6 Å². The number of fused-ring (bicyclic) bond motifs is 2. The standard InChI is InChI=1S/C36H45ClN2O5Si/c1-38(2)26-12-15-29-33(23-26)45(5,6)34-24-27(39(3)4)13-16-30(34)35(29)28-14-11-25(22-31(28)36(41)42)32(40)10-9-19-44-21-20-43-18-8-7-17-37/h11-16,22-24H,7-10,17-21H2,1-6H3. The third kappa shape index (κ3) is 7.92. The first kappa shape index (κ1) is 34.6. The highest BCUT2D eigenvalue weighted by Crippen LogP contribution is 2.42. The lowest BCUT2D eigenvalue weighted by molar-refractivity contribution is -0.462. The number of hydrogen-bond acceptors (Lipinski definition) is 6. The van der Waals surface area contributed by atoms with E-state index in [0.717, 1.165) is 41.0 Å². The van der Waals surface area contributed by atoms with Gasteiger partial charge in [-0.05, 0) is 76.2 Å². The largest absolute Gasteiger partial charge is 0.545 e. The van der Waals surface area contributed by atoms with E-state index in [-0.39, 0.29) is 17.8 Å². The molecule has 7 nitrogen and oxygen atoms in total. The number of ether oxygens (including phenoxy) is 2. The average molecular weight is 649 g/mol. The summed E-state index contributed by atoms with van der Waals surface area (Å²) in [6.45, 7) is 6.76. The summed E-state index contributed by atoms with van der Waals surface area (Å²) in [4.78, 5) is 27.8. The molecule has 0 amide bonds. The van der Waals surface area contributed by atoms with Gasteiger partial charge in [0.25, 0.3) is 0 Å².